The molecule has 0 amide bonds. The molecule has 21 heavy (non-hydrogen) atoms. The van der Waals surface area contributed by atoms with E-state index in [0.29, 0.717) is 0 Å². The minimum Gasteiger partial charge on any atom is -0.0823 e. The third-order valence-corrected chi connectivity index (χ3v) is 8.69. The highest BCUT2D eigenvalue weighted by atomic mass is 127. The molecule has 0 heterocycles. The van der Waals surface area contributed by atoms with Gasteiger partial charge in [0.15, 0.2) is 0 Å². The van der Waals surface area contributed by atoms with Crippen LogP contribution in [0, 0.1) is 35.5 Å². The maximum absolute atomic E-state index is 2.84. The van der Waals surface area contributed by atoms with Gasteiger partial charge in [-0.2, -0.15) is 0 Å². The van der Waals surface area contributed by atoms with Crippen LogP contribution in [0.4, 0.5) is 0 Å². The molecule has 0 N–H and O–H groups in total. The van der Waals surface area contributed by atoms with Crippen molar-refractivity contribution in [2.45, 2.75) is 88.4 Å². The first kappa shape index (κ1) is 16.6. The van der Waals surface area contributed by atoms with Crippen LogP contribution in [0.15, 0.2) is 0 Å². The van der Waals surface area contributed by atoms with Gasteiger partial charge in [0.1, 0.15) is 0 Å². The molecule has 122 valence electrons. The molecule has 3 aliphatic rings. The SMILES string of the molecule is CC1CCC(C2CC[C@@H](C3CCC(C)CC3)CC2I)CC1. The third kappa shape index (κ3) is 4.18. The monoisotopic (exact) mass is 402 g/mol. The van der Waals surface area contributed by atoms with Crippen LogP contribution in [0.25, 0.3) is 0 Å². The quantitative estimate of drug-likeness (QED) is 0.350. The summed E-state index contributed by atoms with van der Waals surface area (Å²) < 4.78 is 0.985. The summed E-state index contributed by atoms with van der Waals surface area (Å²) in [5.41, 5.74) is 0. The maximum atomic E-state index is 2.84. The van der Waals surface area contributed by atoms with Gasteiger partial charge >= 0.3 is 0 Å². The van der Waals surface area contributed by atoms with Crippen molar-refractivity contribution in [3.63, 3.8) is 0 Å². The second-order valence-electron chi connectivity index (χ2n) is 8.79. The molecule has 0 saturated heterocycles. The van der Waals surface area contributed by atoms with E-state index in [1.54, 1.807) is 32.1 Å². The molecule has 3 atom stereocenters. The summed E-state index contributed by atoms with van der Waals surface area (Å²) in [4.78, 5) is 0. The van der Waals surface area contributed by atoms with Crippen molar-refractivity contribution in [2.24, 2.45) is 35.5 Å². The molecule has 0 aromatic rings. The maximum Gasteiger partial charge on any atom is 0.0143 e. The fourth-order valence-corrected chi connectivity index (χ4v) is 7.20. The molecule has 1 heteroatoms. The lowest BCUT2D eigenvalue weighted by molar-refractivity contribution is 0.117. The molecule has 0 spiro atoms. The van der Waals surface area contributed by atoms with Crippen molar-refractivity contribution in [1.82, 2.24) is 0 Å². The Bertz CT molecular complexity index is 310. The molecule has 0 bridgehead atoms. The van der Waals surface area contributed by atoms with Gasteiger partial charge in [0.05, 0.1) is 0 Å². The van der Waals surface area contributed by atoms with E-state index in [9.17, 15) is 0 Å². The average molecular weight is 402 g/mol. The zero-order chi connectivity index (χ0) is 14.8. The largest absolute Gasteiger partial charge is 0.0823 e. The standard InChI is InChI=1S/C20H35I/c1-14-3-7-16(8-4-14)18-11-12-19(20(21)13-18)17-9-5-15(2)6-10-17/h14-20H,3-13H2,1-2H3/t14?,15?,16?,17?,18-,19?,20?/m1/s1. The Kier molecular flexibility index (Phi) is 5.95. The summed E-state index contributed by atoms with van der Waals surface area (Å²) in [6.45, 7) is 4.91. The smallest absolute Gasteiger partial charge is 0.0143 e. The van der Waals surface area contributed by atoms with Crippen LogP contribution in [-0.4, -0.2) is 3.92 Å². The average Bonchev–Trinajstić information content (AvgIpc) is 2.49. The number of rotatable bonds is 2. The number of alkyl halides is 1. The van der Waals surface area contributed by atoms with Gasteiger partial charge in [-0.15, -0.1) is 0 Å². The van der Waals surface area contributed by atoms with Crippen LogP contribution in [0.2, 0.25) is 0 Å². The topological polar surface area (TPSA) is 0 Å². The van der Waals surface area contributed by atoms with Crippen molar-refractivity contribution in [3.05, 3.63) is 0 Å². The Morgan fingerprint density at radius 3 is 1.57 bits per heavy atom. The van der Waals surface area contributed by atoms with E-state index in [2.05, 4.69) is 36.4 Å². The Morgan fingerprint density at radius 1 is 0.571 bits per heavy atom. The summed E-state index contributed by atoms with van der Waals surface area (Å²) in [6.07, 6.45) is 16.9. The zero-order valence-corrected chi connectivity index (χ0v) is 16.4. The van der Waals surface area contributed by atoms with Gasteiger partial charge in [0.2, 0.25) is 0 Å². The molecular weight excluding hydrogens is 367 g/mol. The van der Waals surface area contributed by atoms with Gasteiger partial charge in [-0.1, -0.05) is 62.1 Å². The van der Waals surface area contributed by atoms with E-state index >= 15 is 0 Å². The minimum atomic E-state index is 0.985. The van der Waals surface area contributed by atoms with Crippen LogP contribution in [0.1, 0.15) is 84.5 Å². The van der Waals surface area contributed by atoms with Crippen molar-refractivity contribution >= 4 is 22.6 Å². The van der Waals surface area contributed by atoms with Crippen molar-refractivity contribution in [2.75, 3.05) is 0 Å². The molecule has 0 aromatic carbocycles. The van der Waals surface area contributed by atoms with Crippen LogP contribution in [0.3, 0.4) is 0 Å². The fourth-order valence-electron chi connectivity index (χ4n) is 5.60. The van der Waals surface area contributed by atoms with Crippen LogP contribution in [0.5, 0.6) is 0 Å². The van der Waals surface area contributed by atoms with Crippen molar-refractivity contribution in [1.29, 1.82) is 0 Å². The second kappa shape index (κ2) is 7.53. The molecule has 2 unspecified atom stereocenters. The van der Waals surface area contributed by atoms with Gasteiger partial charge < -0.3 is 0 Å². The molecule has 0 aliphatic heterocycles. The molecule has 3 saturated carbocycles. The number of halogens is 1. The second-order valence-corrected chi connectivity index (χ2v) is 10.4. The lowest BCUT2D eigenvalue weighted by Gasteiger charge is -2.43. The summed E-state index contributed by atoms with van der Waals surface area (Å²) in [7, 11) is 0. The summed E-state index contributed by atoms with van der Waals surface area (Å²) >= 11 is 2.84. The van der Waals surface area contributed by atoms with Gasteiger partial charge in [-0.25, -0.2) is 0 Å². The van der Waals surface area contributed by atoms with Crippen LogP contribution in [-0.2, 0) is 0 Å². The lowest BCUT2D eigenvalue weighted by atomic mass is 9.65. The summed E-state index contributed by atoms with van der Waals surface area (Å²) in [5.74, 6) is 6.34. The van der Waals surface area contributed by atoms with Crippen LogP contribution < -0.4 is 0 Å². The fraction of sp³-hybridized carbons (Fsp3) is 1.00. The Labute approximate surface area is 146 Å². The highest BCUT2D eigenvalue weighted by Gasteiger charge is 2.38. The predicted molar refractivity (Wildman–Crippen MR) is 101 cm³/mol. The first-order valence-corrected chi connectivity index (χ1v) is 11.0. The first-order valence-electron chi connectivity index (χ1n) is 9.77. The predicted octanol–water partition coefficient (Wildman–Crippen LogP) is 6.86. The van der Waals surface area contributed by atoms with E-state index in [0.717, 1.165) is 39.4 Å². The molecule has 0 radical (unpaired) electrons. The Balaban J connectivity index is 1.50. The van der Waals surface area contributed by atoms with Gasteiger partial charge in [0.25, 0.3) is 0 Å². The summed E-state index contributed by atoms with van der Waals surface area (Å²) in [6, 6.07) is 0. The lowest BCUT2D eigenvalue weighted by Crippen LogP contribution is -2.35. The number of hydrogen-bond acceptors (Lipinski definition) is 0. The van der Waals surface area contributed by atoms with Gasteiger partial charge in [-0.3, -0.25) is 0 Å². The molecular formula is C20H35I. The Hall–Kier alpha value is 0.730. The molecule has 0 nitrogen and oxygen atoms in total. The van der Waals surface area contributed by atoms with E-state index in [4.69, 9.17) is 0 Å². The van der Waals surface area contributed by atoms with E-state index in [1.807, 2.05) is 0 Å². The molecule has 3 aliphatic carbocycles. The highest BCUT2D eigenvalue weighted by Crippen LogP contribution is 2.48. The van der Waals surface area contributed by atoms with Gasteiger partial charge in [0, 0.05) is 3.92 Å². The van der Waals surface area contributed by atoms with Crippen LogP contribution >= 0.6 is 22.6 Å². The van der Waals surface area contributed by atoms with Gasteiger partial charge in [-0.05, 0) is 80.5 Å². The van der Waals surface area contributed by atoms with E-state index in [1.165, 1.54) is 38.5 Å². The van der Waals surface area contributed by atoms with Crippen molar-refractivity contribution < 1.29 is 0 Å². The number of hydrogen-bond donors (Lipinski definition) is 0. The first-order chi connectivity index (χ1) is 10.1. The molecule has 3 fully saturated rings. The highest BCUT2D eigenvalue weighted by molar-refractivity contribution is 14.1. The molecule has 3 rings (SSSR count). The van der Waals surface area contributed by atoms with E-state index in [-0.39, 0.29) is 0 Å². The Morgan fingerprint density at radius 2 is 1.05 bits per heavy atom. The minimum absolute atomic E-state index is 0.985. The summed E-state index contributed by atoms with van der Waals surface area (Å²) in [5, 5.41) is 0. The molecule has 0 aromatic heterocycles. The van der Waals surface area contributed by atoms with E-state index < -0.39 is 0 Å². The zero-order valence-electron chi connectivity index (χ0n) is 14.2. The normalized spacial score (nSPS) is 49.0. The van der Waals surface area contributed by atoms with Crippen molar-refractivity contribution in [3.8, 4) is 0 Å². The third-order valence-electron chi connectivity index (χ3n) is 7.26.